The number of H-pyrrole nitrogens is 1. The summed E-state index contributed by atoms with van der Waals surface area (Å²) in [5, 5.41) is 25.8. The summed E-state index contributed by atoms with van der Waals surface area (Å²) >= 11 is 0. The first-order valence-electron chi connectivity index (χ1n) is 8.24. The Labute approximate surface area is 144 Å². The number of β-amino-alcohol motifs (C(OH)–C–C–N with tert-alkyl or cyclic N) is 1. The maximum absolute atomic E-state index is 13.0. The van der Waals surface area contributed by atoms with Crippen molar-refractivity contribution in [3.05, 3.63) is 59.9 Å². The first-order chi connectivity index (χ1) is 12.1. The van der Waals surface area contributed by atoms with E-state index in [4.69, 9.17) is 0 Å². The lowest BCUT2D eigenvalue weighted by atomic mass is 9.90. The molecule has 1 fully saturated rings. The van der Waals surface area contributed by atoms with E-state index in [1.165, 1.54) is 12.1 Å². The summed E-state index contributed by atoms with van der Waals surface area (Å²) in [6, 6.07) is 8.15. The highest BCUT2D eigenvalue weighted by molar-refractivity contribution is 5.31. The quantitative estimate of drug-likeness (QED) is 0.753. The van der Waals surface area contributed by atoms with Gasteiger partial charge in [0.25, 0.3) is 0 Å². The number of hydrogen-bond acceptors (Lipinski definition) is 5. The predicted octanol–water partition coefficient (Wildman–Crippen LogP) is 1.61. The minimum atomic E-state index is -0.981. The zero-order chi connectivity index (χ0) is 17.3. The molecular formula is C17H19FN6O. The van der Waals surface area contributed by atoms with Crippen LogP contribution in [0.3, 0.4) is 0 Å². The Morgan fingerprint density at radius 2 is 2.08 bits per heavy atom. The van der Waals surface area contributed by atoms with E-state index >= 15 is 0 Å². The maximum atomic E-state index is 13.0. The number of hydrogen-bond donors (Lipinski definition) is 2. The Kier molecular flexibility index (Phi) is 4.06. The molecule has 0 amide bonds. The molecule has 0 spiro atoms. The molecule has 2 aromatic heterocycles. The number of nitrogens with zero attached hydrogens (tertiary/aromatic N) is 5. The van der Waals surface area contributed by atoms with Crippen molar-refractivity contribution in [1.82, 2.24) is 30.1 Å². The molecule has 1 aliphatic heterocycles. The van der Waals surface area contributed by atoms with Gasteiger partial charge in [-0.3, -0.25) is 4.90 Å². The highest BCUT2D eigenvalue weighted by atomic mass is 19.1. The normalized spacial score (nSPS) is 21.5. The molecule has 1 unspecified atom stereocenters. The minimum absolute atomic E-state index is 0.267. The average molecular weight is 342 g/mol. The summed E-state index contributed by atoms with van der Waals surface area (Å²) in [6.07, 6.45) is 4.98. The lowest BCUT2D eigenvalue weighted by molar-refractivity contribution is -0.0417. The van der Waals surface area contributed by atoms with Crippen molar-refractivity contribution in [1.29, 1.82) is 0 Å². The molecule has 0 aliphatic carbocycles. The van der Waals surface area contributed by atoms with E-state index in [0.29, 0.717) is 25.2 Å². The molecule has 0 bridgehead atoms. The van der Waals surface area contributed by atoms with Gasteiger partial charge in [0.05, 0.1) is 17.6 Å². The van der Waals surface area contributed by atoms with E-state index in [1.54, 1.807) is 23.0 Å². The fourth-order valence-electron chi connectivity index (χ4n) is 3.31. The van der Waals surface area contributed by atoms with Crippen LogP contribution in [-0.4, -0.2) is 48.3 Å². The highest BCUT2D eigenvalue weighted by Gasteiger charge is 2.37. The predicted molar refractivity (Wildman–Crippen MR) is 88.3 cm³/mol. The smallest absolute Gasteiger partial charge is 0.123 e. The van der Waals surface area contributed by atoms with Crippen LogP contribution >= 0.6 is 0 Å². The number of halogens is 1. The van der Waals surface area contributed by atoms with Crippen molar-refractivity contribution in [2.24, 2.45) is 0 Å². The molecule has 0 radical (unpaired) electrons. The third-order valence-corrected chi connectivity index (χ3v) is 4.56. The van der Waals surface area contributed by atoms with Gasteiger partial charge in [0.15, 0.2) is 0 Å². The molecule has 7 nitrogen and oxygen atoms in total. The molecule has 4 rings (SSSR count). The van der Waals surface area contributed by atoms with Crippen LogP contribution in [0.15, 0.2) is 42.7 Å². The van der Waals surface area contributed by atoms with Gasteiger partial charge >= 0.3 is 0 Å². The number of aromatic amines is 1. The van der Waals surface area contributed by atoms with Gasteiger partial charge in [-0.15, -0.1) is 0 Å². The van der Waals surface area contributed by atoms with Gasteiger partial charge in [0.1, 0.15) is 17.1 Å². The second kappa shape index (κ2) is 6.38. The van der Waals surface area contributed by atoms with Crippen LogP contribution in [0.25, 0.3) is 5.69 Å². The fraction of sp³-hybridized carbons (Fsp3) is 0.353. The number of nitrogens with one attached hydrogen (secondary N) is 1. The van der Waals surface area contributed by atoms with E-state index in [0.717, 1.165) is 24.3 Å². The zero-order valence-corrected chi connectivity index (χ0v) is 13.6. The Morgan fingerprint density at radius 3 is 2.84 bits per heavy atom. The Hall–Kier alpha value is -2.58. The van der Waals surface area contributed by atoms with Crippen molar-refractivity contribution in [2.75, 3.05) is 13.1 Å². The van der Waals surface area contributed by atoms with Crippen LogP contribution in [-0.2, 0) is 12.1 Å². The summed E-state index contributed by atoms with van der Waals surface area (Å²) in [7, 11) is 0. The standard InChI is InChI=1S/C17H19FN6O/c18-13-2-4-15(5-3-13)24-9-6-14(21-24)11-23-8-1-7-17(25,12-23)16-10-19-22-20-16/h2-6,9-10,25H,1,7-8,11-12H2,(H,19,20,22). The maximum Gasteiger partial charge on any atom is 0.123 e. The van der Waals surface area contributed by atoms with Crippen molar-refractivity contribution >= 4 is 0 Å². The van der Waals surface area contributed by atoms with Crippen molar-refractivity contribution < 1.29 is 9.50 Å². The molecule has 1 saturated heterocycles. The summed E-state index contributed by atoms with van der Waals surface area (Å²) in [6.45, 7) is 2.01. The van der Waals surface area contributed by atoms with Gasteiger partial charge in [-0.25, -0.2) is 9.07 Å². The molecule has 1 atom stereocenters. The van der Waals surface area contributed by atoms with Crippen LogP contribution in [0.4, 0.5) is 4.39 Å². The Balaban J connectivity index is 1.46. The first kappa shape index (κ1) is 15.9. The summed E-state index contributed by atoms with van der Waals surface area (Å²) < 4.78 is 14.8. The van der Waals surface area contributed by atoms with Crippen molar-refractivity contribution in [2.45, 2.75) is 25.0 Å². The minimum Gasteiger partial charge on any atom is -0.382 e. The van der Waals surface area contributed by atoms with Gasteiger partial charge in [0, 0.05) is 19.3 Å². The Bertz CT molecular complexity index is 831. The molecule has 1 aliphatic rings. The van der Waals surface area contributed by atoms with Gasteiger partial charge in [0.2, 0.25) is 0 Å². The average Bonchev–Trinajstić information content (AvgIpc) is 3.28. The summed E-state index contributed by atoms with van der Waals surface area (Å²) in [5.74, 6) is -0.267. The number of rotatable bonds is 4. The topological polar surface area (TPSA) is 82.9 Å². The van der Waals surface area contributed by atoms with E-state index in [2.05, 4.69) is 25.4 Å². The molecule has 2 N–H and O–H groups in total. The molecule has 25 heavy (non-hydrogen) atoms. The summed E-state index contributed by atoms with van der Waals surface area (Å²) in [4.78, 5) is 2.16. The highest BCUT2D eigenvalue weighted by Crippen LogP contribution is 2.30. The number of benzene rings is 1. The van der Waals surface area contributed by atoms with Crippen LogP contribution in [0, 0.1) is 5.82 Å². The summed E-state index contributed by atoms with van der Waals surface area (Å²) in [5.41, 5.74) is 1.30. The molecule has 3 aromatic rings. The molecule has 130 valence electrons. The number of likely N-dealkylation sites (tertiary alicyclic amines) is 1. The molecule has 8 heteroatoms. The zero-order valence-electron chi connectivity index (χ0n) is 13.6. The molecular weight excluding hydrogens is 323 g/mol. The van der Waals surface area contributed by atoms with E-state index in [9.17, 15) is 9.50 Å². The Morgan fingerprint density at radius 1 is 1.24 bits per heavy atom. The molecule has 1 aromatic carbocycles. The van der Waals surface area contributed by atoms with Crippen LogP contribution in [0.2, 0.25) is 0 Å². The molecule has 3 heterocycles. The second-order valence-electron chi connectivity index (χ2n) is 6.43. The molecule has 0 saturated carbocycles. The lowest BCUT2D eigenvalue weighted by Crippen LogP contribution is -2.46. The van der Waals surface area contributed by atoms with Crippen LogP contribution in [0.1, 0.15) is 24.2 Å². The van der Waals surface area contributed by atoms with Crippen LogP contribution < -0.4 is 0 Å². The number of aromatic nitrogens is 5. The fourth-order valence-corrected chi connectivity index (χ4v) is 3.31. The van der Waals surface area contributed by atoms with Crippen molar-refractivity contribution in [3.8, 4) is 5.69 Å². The van der Waals surface area contributed by atoms with Gasteiger partial charge in [-0.2, -0.15) is 20.5 Å². The number of piperidine rings is 1. The SMILES string of the molecule is OC1(c2cn[nH]n2)CCCN(Cc2ccn(-c3ccc(F)cc3)n2)C1. The van der Waals surface area contributed by atoms with E-state index < -0.39 is 5.60 Å². The second-order valence-corrected chi connectivity index (χ2v) is 6.43. The lowest BCUT2D eigenvalue weighted by Gasteiger charge is -2.37. The van der Waals surface area contributed by atoms with E-state index in [-0.39, 0.29) is 5.82 Å². The van der Waals surface area contributed by atoms with Gasteiger partial charge in [-0.05, 0) is 49.7 Å². The monoisotopic (exact) mass is 342 g/mol. The number of aliphatic hydroxyl groups is 1. The van der Waals surface area contributed by atoms with Gasteiger partial charge in [-0.1, -0.05) is 0 Å². The third-order valence-electron chi connectivity index (χ3n) is 4.56. The third kappa shape index (κ3) is 3.31. The van der Waals surface area contributed by atoms with Crippen molar-refractivity contribution in [3.63, 3.8) is 0 Å². The van der Waals surface area contributed by atoms with Gasteiger partial charge < -0.3 is 5.11 Å². The van der Waals surface area contributed by atoms with Crippen LogP contribution in [0.5, 0.6) is 0 Å². The van der Waals surface area contributed by atoms with E-state index in [1.807, 2.05) is 12.3 Å². The first-order valence-corrected chi connectivity index (χ1v) is 8.24. The largest absolute Gasteiger partial charge is 0.382 e.